The summed E-state index contributed by atoms with van der Waals surface area (Å²) in [6.45, 7) is 4.55. The zero-order chi connectivity index (χ0) is 21.5. The van der Waals surface area contributed by atoms with E-state index < -0.39 is 0 Å². The largest absolute Gasteiger partial charge is 0.492 e. The normalized spacial score (nSPS) is 10.5. The number of hydrogen-bond acceptors (Lipinski definition) is 5. The number of hydrogen-bond donors (Lipinski definition) is 1. The quantitative estimate of drug-likeness (QED) is 0.622. The highest BCUT2D eigenvalue weighted by molar-refractivity contribution is 5.92. The van der Waals surface area contributed by atoms with Gasteiger partial charge in [-0.05, 0) is 31.5 Å². The predicted octanol–water partition coefficient (Wildman–Crippen LogP) is 3.23. The number of rotatable bonds is 8. The molecule has 1 N–H and O–H groups in total. The molecule has 156 valence electrons. The van der Waals surface area contributed by atoms with Crippen molar-refractivity contribution in [2.24, 2.45) is 0 Å². The minimum Gasteiger partial charge on any atom is -0.492 e. The number of nitrogens with one attached hydrogen (secondary N) is 1. The summed E-state index contributed by atoms with van der Waals surface area (Å²) >= 11 is 0. The van der Waals surface area contributed by atoms with Gasteiger partial charge in [0.05, 0.1) is 12.3 Å². The number of para-hydroxylation sites is 2. The molecule has 0 aliphatic heterocycles. The molecule has 7 heteroatoms. The number of anilines is 2. The Morgan fingerprint density at radius 2 is 1.83 bits per heavy atom. The summed E-state index contributed by atoms with van der Waals surface area (Å²) < 4.78 is 6.94. The monoisotopic (exact) mass is 406 g/mol. The molecule has 0 radical (unpaired) electrons. The van der Waals surface area contributed by atoms with Crippen LogP contribution in [0.5, 0.6) is 5.75 Å². The van der Waals surface area contributed by atoms with Gasteiger partial charge in [-0.3, -0.25) is 14.2 Å². The van der Waals surface area contributed by atoms with E-state index in [4.69, 9.17) is 4.74 Å². The topological polar surface area (TPSA) is 76.5 Å². The average Bonchev–Trinajstić information content (AvgIpc) is 2.72. The Morgan fingerprint density at radius 3 is 2.57 bits per heavy atom. The lowest BCUT2D eigenvalue weighted by molar-refractivity contribution is -0.116. The highest BCUT2D eigenvalue weighted by atomic mass is 16.5. The van der Waals surface area contributed by atoms with Crippen molar-refractivity contribution in [2.75, 3.05) is 23.9 Å². The van der Waals surface area contributed by atoms with Crippen molar-refractivity contribution in [3.63, 3.8) is 0 Å². The first kappa shape index (κ1) is 21.1. The van der Waals surface area contributed by atoms with Gasteiger partial charge >= 0.3 is 0 Å². The molecule has 3 rings (SSSR count). The first-order valence-electron chi connectivity index (χ1n) is 9.83. The molecule has 0 unspecified atom stereocenters. The van der Waals surface area contributed by atoms with E-state index in [0.29, 0.717) is 36.2 Å². The second-order valence-corrected chi connectivity index (χ2v) is 6.94. The number of aryl methyl sites for hydroxylation is 1. The maximum Gasteiger partial charge on any atom is 0.255 e. The van der Waals surface area contributed by atoms with Gasteiger partial charge in [0.2, 0.25) is 11.9 Å². The van der Waals surface area contributed by atoms with E-state index in [1.54, 1.807) is 19.1 Å². The number of carbonyl (C=O) groups excluding carboxylic acids is 1. The van der Waals surface area contributed by atoms with Gasteiger partial charge in [-0.15, -0.1) is 0 Å². The van der Waals surface area contributed by atoms with Crippen LogP contribution in [-0.2, 0) is 17.9 Å². The summed E-state index contributed by atoms with van der Waals surface area (Å²) in [7, 11) is 1.85. The maximum absolute atomic E-state index is 12.7. The SMILES string of the molecule is CCOc1ccccc1NC(=O)Cn1c(N(C)Cc2ccccc2)nc(C)cc1=O. The van der Waals surface area contributed by atoms with Crippen molar-refractivity contribution in [1.82, 2.24) is 9.55 Å². The Bertz CT molecular complexity index is 1060. The van der Waals surface area contributed by atoms with Gasteiger partial charge in [0.15, 0.2) is 0 Å². The van der Waals surface area contributed by atoms with Gasteiger partial charge in [-0.1, -0.05) is 42.5 Å². The first-order valence-corrected chi connectivity index (χ1v) is 9.83. The van der Waals surface area contributed by atoms with Gasteiger partial charge < -0.3 is 15.0 Å². The van der Waals surface area contributed by atoms with Crippen LogP contribution in [0.2, 0.25) is 0 Å². The molecule has 0 aliphatic carbocycles. The van der Waals surface area contributed by atoms with E-state index in [-0.39, 0.29) is 18.0 Å². The molecule has 0 saturated heterocycles. The molecular weight excluding hydrogens is 380 g/mol. The lowest BCUT2D eigenvalue weighted by Crippen LogP contribution is -2.34. The summed E-state index contributed by atoms with van der Waals surface area (Å²) in [5.41, 5.74) is 1.98. The molecular formula is C23H26N4O3. The minimum atomic E-state index is -0.329. The number of carbonyl (C=O) groups is 1. The van der Waals surface area contributed by atoms with Gasteiger partial charge in [0, 0.05) is 25.4 Å². The first-order chi connectivity index (χ1) is 14.5. The smallest absolute Gasteiger partial charge is 0.255 e. The number of nitrogens with zero attached hydrogens (tertiary/aromatic N) is 3. The van der Waals surface area contributed by atoms with E-state index in [0.717, 1.165) is 5.56 Å². The number of ether oxygens (including phenoxy) is 1. The van der Waals surface area contributed by atoms with E-state index in [2.05, 4.69) is 10.3 Å². The van der Waals surface area contributed by atoms with E-state index in [1.807, 2.05) is 61.3 Å². The molecule has 0 bridgehead atoms. The van der Waals surface area contributed by atoms with Crippen LogP contribution in [0.3, 0.4) is 0 Å². The standard InChI is InChI=1S/C23H26N4O3/c1-4-30-20-13-9-8-12-19(20)25-21(28)16-27-22(29)14-17(2)24-23(27)26(3)15-18-10-6-5-7-11-18/h5-14H,4,15-16H2,1-3H3,(H,25,28). The number of amides is 1. The maximum atomic E-state index is 12.7. The number of aromatic nitrogens is 2. The predicted molar refractivity (Wildman–Crippen MR) is 118 cm³/mol. The van der Waals surface area contributed by atoms with Crippen LogP contribution in [0.4, 0.5) is 11.6 Å². The van der Waals surface area contributed by atoms with E-state index >= 15 is 0 Å². The fraction of sp³-hybridized carbons (Fsp3) is 0.261. The molecule has 3 aromatic rings. The molecule has 7 nitrogen and oxygen atoms in total. The third kappa shape index (κ3) is 5.26. The van der Waals surface area contributed by atoms with Gasteiger partial charge in [-0.25, -0.2) is 4.98 Å². The third-order valence-corrected chi connectivity index (χ3v) is 4.48. The van der Waals surface area contributed by atoms with Crippen molar-refractivity contribution in [1.29, 1.82) is 0 Å². The fourth-order valence-corrected chi connectivity index (χ4v) is 3.16. The average molecular weight is 406 g/mol. The van der Waals surface area contributed by atoms with Crippen LogP contribution in [0, 0.1) is 6.92 Å². The zero-order valence-electron chi connectivity index (χ0n) is 17.5. The van der Waals surface area contributed by atoms with Gasteiger partial charge in [-0.2, -0.15) is 0 Å². The Hall–Kier alpha value is -3.61. The molecule has 1 aromatic heterocycles. The van der Waals surface area contributed by atoms with Crippen LogP contribution < -0.4 is 20.5 Å². The van der Waals surface area contributed by atoms with E-state index in [9.17, 15) is 9.59 Å². The lowest BCUT2D eigenvalue weighted by Gasteiger charge is -2.22. The van der Waals surface area contributed by atoms with Gasteiger partial charge in [0.25, 0.3) is 5.56 Å². The van der Waals surface area contributed by atoms with Gasteiger partial charge in [0.1, 0.15) is 12.3 Å². The minimum absolute atomic E-state index is 0.152. The summed E-state index contributed by atoms with van der Waals surface area (Å²) in [5, 5.41) is 2.83. The van der Waals surface area contributed by atoms with Crippen LogP contribution in [0.25, 0.3) is 0 Å². The Balaban J connectivity index is 1.83. The Morgan fingerprint density at radius 1 is 1.13 bits per heavy atom. The Kier molecular flexibility index (Phi) is 6.85. The van der Waals surface area contributed by atoms with Crippen molar-refractivity contribution in [3.8, 4) is 5.75 Å². The molecule has 0 spiro atoms. The molecule has 30 heavy (non-hydrogen) atoms. The molecule has 0 fully saturated rings. The third-order valence-electron chi connectivity index (χ3n) is 4.48. The summed E-state index contributed by atoms with van der Waals surface area (Å²) in [5.74, 6) is 0.700. The zero-order valence-corrected chi connectivity index (χ0v) is 17.5. The molecule has 1 amide bonds. The van der Waals surface area contributed by atoms with Crippen molar-refractivity contribution >= 4 is 17.5 Å². The van der Waals surface area contributed by atoms with E-state index in [1.165, 1.54) is 10.6 Å². The molecule has 2 aromatic carbocycles. The van der Waals surface area contributed by atoms with Crippen LogP contribution in [0.15, 0.2) is 65.5 Å². The molecule has 0 aliphatic rings. The fourth-order valence-electron chi connectivity index (χ4n) is 3.16. The molecule has 0 atom stereocenters. The summed E-state index contributed by atoms with van der Waals surface area (Å²) in [6.07, 6.45) is 0. The summed E-state index contributed by atoms with van der Waals surface area (Å²) in [4.78, 5) is 31.8. The molecule has 1 heterocycles. The van der Waals surface area contributed by atoms with Crippen molar-refractivity contribution in [2.45, 2.75) is 26.9 Å². The van der Waals surface area contributed by atoms with Crippen molar-refractivity contribution in [3.05, 3.63) is 82.3 Å². The lowest BCUT2D eigenvalue weighted by atomic mass is 10.2. The van der Waals surface area contributed by atoms with Crippen LogP contribution in [-0.4, -0.2) is 29.1 Å². The highest BCUT2D eigenvalue weighted by Gasteiger charge is 2.16. The summed E-state index contributed by atoms with van der Waals surface area (Å²) in [6, 6.07) is 18.5. The van der Waals surface area contributed by atoms with Crippen LogP contribution in [0.1, 0.15) is 18.2 Å². The molecule has 0 saturated carbocycles. The van der Waals surface area contributed by atoms with Crippen LogP contribution >= 0.6 is 0 Å². The highest BCUT2D eigenvalue weighted by Crippen LogP contribution is 2.23. The van der Waals surface area contributed by atoms with Crippen molar-refractivity contribution < 1.29 is 9.53 Å². The number of benzene rings is 2. The Labute approximate surface area is 175 Å². The second-order valence-electron chi connectivity index (χ2n) is 6.94. The second kappa shape index (κ2) is 9.73.